The minimum Gasteiger partial charge on any atom is -0.321 e. The highest BCUT2D eigenvalue weighted by Crippen LogP contribution is 2.48. The predicted molar refractivity (Wildman–Crippen MR) is 108 cm³/mol. The molecule has 4 nitrogen and oxygen atoms in total. The fourth-order valence-corrected chi connectivity index (χ4v) is 4.38. The average Bonchev–Trinajstić information content (AvgIpc) is 3.18. The Morgan fingerprint density at radius 3 is 1.79 bits per heavy atom. The van der Waals surface area contributed by atoms with Crippen LogP contribution in [-0.2, 0) is 9.59 Å². The van der Waals surface area contributed by atoms with Crippen LogP contribution >= 0.6 is 58.0 Å². The van der Waals surface area contributed by atoms with Crippen LogP contribution in [0.1, 0.15) is 11.1 Å². The van der Waals surface area contributed by atoms with Crippen molar-refractivity contribution in [2.45, 2.75) is 0 Å². The van der Waals surface area contributed by atoms with Gasteiger partial charge >= 0.3 is 0 Å². The molecule has 0 radical (unpaired) electrons. The van der Waals surface area contributed by atoms with Crippen LogP contribution in [-0.4, -0.2) is 11.8 Å². The van der Waals surface area contributed by atoms with Crippen LogP contribution in [0.2, 0.25) is 25.1 Å². The summed E-state index contributed by atoms with van der Waals surface area (Å²) in [6, 6.07) is 5.48. The van der Waals surface area contributed by atoms with Gasteiger partial charge in [0.1, 0.15) is 5.82 Å². The topological polar surface area (TPSA) is 58.2 Å². The van der Waals surface area contributed by atoms with Gasteiger partial charge in [-0.3, -0.25) is 9.59 Å². The average molecular weight is 479 g/mol. The molecule has 2 heterocycles. The van der Waals surface area contributed by atoms with Crippen molar-refractivity contribution in [1.29, 1.82) is 0 Å². The Morgan fingerprint density at radius 1 is 0.714 bits per heavy atom. The van der Waals surface area contributed by atoms with E-state index in [1.807, 2.05) is 0 Å². The van der Waals surface area contributed by atoms with Crippen LogP contribution in [0.15, 0.2) is 35.4 Å². The molecular weight excluding hydrogens is 472 g/mol. The van der Waals surface area contributed by atoms with E-state index in [2.05, 4.69) is 10.6 Å². The Balaban J connectivity index is 2.01. The van der Waals surface area contributed by atoms with E-state index in [-0.39, 0.29) is 53.2 Å². The SMILES string of the molecule is O=C1NC(c2c(Cl)c(Cl)c(Cl)c(Cl)c2Cl)=C2C(=O)NC(c3cccc(F)c3)=C12. The minimum atomic E-state index is -0.586. The first-order valence-electron chi connectivity index (χ1n) is 7.61. The van der Waals surface area contributed by atoms with Gasteiger partial charge in [0, 0.05) is 11.1 Å². The van der Waals surface area contributed by atoms with Crippen molar-refractivity contribution in [1.82, 2.24) is 10.6 Å². The molecule has 2 aliphatic rings. The lowest BCUT2D eigenvalue weighted by Gasteiger charge is -2.14. The number of fused-ring (bicyclic) bond motifs is 1. The van der Waals surface area contributed by atoms with Gasteiger partial charge in [-0.15, -0.1) is 0 Å². The summed E-state index contributed by atoms with van der Waals surface area (Å²) in [6.07, 6.45) is 0. The Labute approximate surface area is 182 Å². The first-order valence-corrected chi connectivity index (χ1v) is 9.50. The number of carbonyl (C=O) groups excluding carboxylic acids is 2. The van der Waals surface area contributed by atoms with Crippen LogP contribution < -0.4 is 10.6 Å². The van der Waals surface area contributed by atoms with E-state index in [0.29, 0.717) is 5.56 Å². The second kappa shape index (κ2) is 6.94. The zero-order valence-corrected chi connectivity index (χ0v) is 17.2. The highest BCUT2D eigenvalue weighted by atomic mass is 35.5. The lowest BCUT2D eigenvalue weighted by Crippen LogP contribution is -2.21. The first-order chi connectivity index (χ1) is 13.2. The van der Waals surface area contributed by atoms with Gasteiger partial charge in [-0.2, -0.15) is 0 Å². The van der Waals surface area contributed by atoms with Crippen LogP contribution in [0.5, 0.6) is 0 Å². The minimum absolute atomic E-state index is 0.00233. The third kappa shape index (κ3) is 2.81. The van der Waals surface area contributed by atoms with E-state index in [9.17, 15) is 14.0 Å². The largest absolute Gasteiger partial charge is 0.321 e. The van der Waals surface area contributed by atoms with Gasteiger partial charge in [-0.1, -0.05) is 70.1 Å². The molecule has 2 N–H and O–H groups in total. The zero-order chi connectivity index (χ0) is 20.3. The number of rotatable bonds is 2. The maximum atomic E-state index is 13.6. The maximum absolute atomic E-state index is 13.6. The summed E-state index contributed by atoms with van der Waals surface area (Å²) < 4.78 is 13.6. The van der Waals surface area contributed by atoms with E-state index in [0.717, 1.165) is 0 Å². The van der Waals surface area contributed by atoms with Gasteiger partial charge in [0.15, 0.2) is 0 Å². The third-order valence-electron chi connectivity index (χ3n) is 4.25. The zero-order valence-electron chi connectivity index (χ0n) is 13.4. The van der Waals surface area contributed by atoms with Crippen molar-refractivity contribution >= 4 is 81.2 Å². The van der Waals surface area contributed by atoms with Crippen LogP contribution in [0.3, 0.4) is 0 Å². The smallest absolute Gasteiger partial charge is 0.258 e. The van der Waals surface area contributed by atoms with E-state index < -0.39 is 17.6 Å². The normalized spacial score (nSPS) is 15.9. The Morgan fingerprint density at radius 2 is 1.21 bits per heavy atom. The quantitative estimate of drug-likeness (QED) is 0.444. The van der Waals surface area contributed by atoms with Crippen molar-refractivity contribution in [2.24, 2.45) is 0 Å². The van der Waals surface area contributed by atoms with Crippen molar-refractivity contribution in [3.63, 3.8) is 0 Å². The molecular formula is C18H6Cl5FN2O2. The molecule has 0 fully saturated rings. The highest BCUT2D eigenvalue weighted by molar-refractivity contribution is 6.56. The number of hydrogen-bond acceptors (Lipinski definition) is 2. The van der Waals surface area contributed by atoms with Gasteiger partial charge in [-0.05, 0) is 12.1 Å². The molecule has 0 spiro atoms. The highest BCUT2D eigenvalue weighted by Gasteiger charge is 2.42. The molecule has 28 heavy (non-hydrogen) atoms. The second-order valence-electron chi connectivity index (χ2n) is 5.86. The molecule has 142 valence electrons. The van der Waals surface area contributed by atoms with E-state index in [4.69, 9.17) is 58.0 Å². The van der Waals surface area contributed by atoms with Crippen molar-refractivity contribution < 1.29 is 14.0 Å². The van der Waals surface area contributed by atoms with Crippen molar-refractivity contribution in [3.05, 3.63) is 77.5 Å². The summed E-state index contributed by atoms with van der Waals surface area (Å²) in [5, 5.41) is 4.82. The predicted octanol–water partition coefficient (Wildman–Crippen LogP) is 5.47. The number of hydrogen-bond donors (Lipinski definition) is 2. The fraction of sp³-hybridized carbons (Fsp3) is 0. The molecule has 10 heteroatoms. The lowest BCUT2D eigenvalue weighted by molar-refractivity contribution is -0.117. The standard InChI is InChI=1S/C18H6Cl5FN2O2/c19-10-9(11(20)13(22)14(23)12(10)21)16-8-7(17(27)26-16)15(25-18(8)28)5-2-1-3-6(24)4-5/h1-4H,(H,25,28)(H,26,27). The summed E-state index contributed by atoms with van der Waals surface area (Å²) in [5.74, 6) is -1.69. The molecule has 2 amide bonds. The Kier molecular flexibility index (Phi) is 4.84. The monoisotopic (exact) mass is 476 g/mol. The van der Waals surface area contributed by atoms with E-state index >= 15 is 0 Å². The van der Waals surface area contributed by atoms with Gasteiger partial charge in [-0.25, -0.2) is 4.39 Å². The summed E-state index contributed by atoms with van der Waals surface area (Å²) in [7, 11) is 0. The Bertz CT molecular complexity index is 1140. The van der Waals surface area contributed by atoms with E-state index in [1.165, 1.54) is 18.2 Å². The molecule has 4 rings (SSSR count). The molecule has 0 aromatic heterocycles. The van der Waals surface area contributed by atoms with Crippen molar-refractivity contribution in [2.75, 3.05) is 0 Å². The fourth-order valence-electron chi connectivity index (χ4n) is 3.05. The van der Waals surface area contributed by atoms with Crippen LogP contribution in [0.25, 0.3) is 11.4 Å². The molecule has 0 atom stereocenters. The lowest BCUT2D eigenvalue weighted by atomic mass is 10.0. The van der Waals surface area contributed by atoms with Crippen molar-refractivity contribution in [3.8, 4) is 0 Å². The van der Waals surface area contributed by atoms with Gasteiger partial charge in [0.2, 0.25) is 0 Å². The molecule has 2 aliphatic heterocycles. The molecule has 0 bridgehead atoms. The van der Waals surface area contributed by atoms with Gasteiger partial charge in [0.25, 0.3) is 11.8 Å². The Hall–Kier alpha value is -1.76. The molecule has 2 aromatic rings. The third-order valence-corrected chi connectivity index (χ3v) is 6.53. The number of carbonyl (C=O) groups is 2. The molecule has 2 aromatic carbocycles. The molecule has 0 saturated heterocycles. The van der Waals surface area contributed by atoms with E-state index in [1.54, 1.807) is 6.07 Å². The number of halogens is 6. The first kappa shape index (κ1) is 19.6. The molecule has 0 unspecified atom stereocenters. The van der Waals surface area contributed by atoms with Crippen LogP contribution in [0.4, 0.5) is 4.39 Å². The second-order valence-corrected chi connectivity index (χ2v) is 7.75. The van der Waals surface area contributed by atoms with Gasteiger partial charge < -0.3 is 10.6 Å². The van der Waals surface area contributed by atoms with Crippen LogP contribution in [0, 0.1) is 5.82 Å². The molecule has 0 aliphatic carbocycles. The number of amides is 2. The maximum Gasteiger partial charge on any atom is 0.258 e. The number of benzene rings is 2. The van der Waals surface area contributed by atoms with Gasteiger partial charge in [0.05, 0.1) is 47.7 Å². The summed E-state index contributed by atoms with van der Waals surface area (Å²) in [4.78, 5) is 25.3. The summed E-state index contributed by atoms with van der Waals surface area (Å²) in [6.45, 7) is 0. The summed E-state index contributed by atoms with van der Waals surface area (Å²) >= 11 is 30.7. The summed E-state index contributed by atoms with van der Waals surface area (Å²) in [5.41, 5.74) is 0.656. The molecule has 0 saturated carbocycles. The number of nitrogens with one attached hydrogen (secondary N) is 2.